The largest absolute Gasteiger partial charge is 0.391 e. The molecule has 346 valence electrons. The topological polar surface area (TPSA) is 203 Å². The van der Waals surface area contributed by atoms with Crippen molar-refractivity contribution >= 4 is 23.9 Å². The van der Waals surface area contributed by atoms with E-state index in [9.17, 15) is 29.4 Å². The normalized spacial score (nSPS) is 29.0. The summed E-state index contributed by atoms with van der Waals surface area (Å²) in [6.45, 7) is 10.6. The van der Waals surface area contributed by atoms with E-state index in [1.807, 2.05) is 49.9 Å². The third kappa shape index (κ3) is 8.40. The number of urea groups is 2. The molecule has 0 spiro atoms. The maximum Gasteiger partial charge on any atom is 0.318 e. The molecule has 1 aromatic carbocycles. The van der Waals surface area contributed by atoms with Gasteiger partial charge in [0, 0.05) is 56.6 Å². The molecule has 6 amide bonds. The summed E-state index contributed by atoms with van der Waals surface area (Å²) < 4.78 is 0. The van der Waals surface area contributed by atoms with Crippen LogP contribution >= 0.6 is 0 Å². The summed E-state index contributed by atoms with van der Waals surface area (Å²) in [5, 5.41) is 25.8. The van der Waals surface area contributed by atoms with Crippen molar-refractivity contribution in [2.45, 2.75) is 152 Å². The molecule has 7 aliphatic rings. The maximum absolute atomic E-state index is 14.1. The number of aliphatic hydroxyl groups is 2. The SMILES string of the molecule is CC(C)C(NC(=O)N1CCC(O)C1)C(=O)N1CCCC1c1ncc(-c2ccc(C34CCC(c5cnc(C6CCCN6C(=O)C(NC(=O)N6CCC(O)C6)C(C)C)[nH]5)(CC3)CC4)cc2)[nH]1. The Labute approximate surface area is 376 Å². The Kier molecular flexibility index (Phi) is 12.3. The minimum atomic E-state index is -0.669. The van der Waals surface area contributed by atoms with Gasteiger partial charge in [-0.2, -0.15) is 0 Å². The second kappa shape index (κ2) is 17.8. The van der Waals surface area contributed by atoms with Gasteiger partial charge in [0.2, 0.25) is 11.8 Å². The van der Waals surface area contributed by atoms with Crippen molar-refractivity contribution in [3.05, 3.63) is 59.6 Å². The highest BCUT2D eigenvalue weighted by Gasteiger charge is 2.51. The number of benzene rings is 1. The van der Waals surface area contributed by atoms with Crippen molar-refractivity contribution in [1.82, 2.24) is 50.2 Å². The van der Waals surface area contributed by atoms with Crippen molar-refractivity contribution in [3.63, 3.8) is 0 Å². The lowest BCUT2D eigenvalue weighted by Gasteiger charge is -2.53. The molecule has 2 bridgehead atoms. The number of carbonyl (C=O) groups excluding carboxylic acids is 4. The summed E-state index contributed by atoms with van der Waals surface area (Å²) in [5.41, 5.74) is 4.68. The van der Waals surface area contributed by atoms with Gasteiger partial charge in [0.05, 0.1) is 36.2 Å². The van der Waals surface area contributed by atoms with Gasteiger partial charge in [0.1, 0.15) is 23.7 Å². The number of aromatic amines is 2. The first kappa shape index (κ1) is 44.3. The van der Waals surface area contributed by atoms with E-state index >= 15 is 0 Å². The number of aliphatic hydroxyl groups excluding tert-OH is 2. The molecule has 3 saturated carbocycles. The van der Waals surface area contributed by atoms with E-state index in [1.54, 1.807) is 9.80 Å². The molecule has 64 heavy (non-hydrogen) atoms. The molecule has 2 aromatic heterocycles. The smallest absolute Gasteiger partial charge is 0.318 e. The highest BCUT2D eigenvalue weighted by atomic mass is 16.3. The molecule has 16 nitrogen and oxygen atoms in total. The molecule has 6 N–H and O–H groups in total. The fraction of sp³-hybridized carbons (Fsp3) is 0.667. The minimum absolute atomic E-state index is 0.0369. The molecule has 0 radical (unpaired) electrons. The number of carbonyl (C=O) groups is 4. The molecule has 10 rings (SSSR count). The summed E-state index contributed by atoms with van der Waals surface area (Å²) >= 11 is 0. The molecule has 6 atom stereocenters. The van der Waals surface area contributed by atoms with E-state index in [0.717, 1.165) is 87.1 Å². The second-order valence-electron chi connectivity index (χ2n) is 20.5. The Hall–Kier alpha value is -4.96. The number of H-pyrrole nitrogens is 2. The highest BCUT2D eigenvalue weighted by molar-refractivity contribution is 5.88. The summed E-state index contributed by atoms with van der Waals surface area (Å²) in [6, 6.07) is 6.68. The van der Waals surface area contributed by atoms with Gasteiger partial charge in [0.15, 0.2) is 0 Å². The van der Waals surface area contributed by atoms with Gasteiger partial charge in [-0.05, 0) is 105 Å². The molecule has 7 fully saturated rings. The standard InChI is InChI=1S/C48H68N10O6/c1-29(2)39(53-45(63)55-23-13-33(59)27-55)43(61)57-21-5-7-36(57)41-49-25-35(51-41)31-9-11-32(12-10-31)47-15-18-48(19-16-47,20-17-47)38-26-50-42(52-38)37-8-6-22-58(37)44(62)40(30(3)4)54-46(64)56-24-14-34(60)28-56/h9-12,25-26,29-30,33-34,36-37,39-40,59-60H,5-8,13-24,27-28H2,1-4H3,(H,49,51)(H,50,52)(H,53,63)(H,54,64). The third-order valence-corrected chi connectivity index (χ3v) is 15.8. The van der Waals surface area contributed by atoms with Crippen LogP contribution in [0.5, 0.6) is 0 Å². The van der Waals surface area contributed by atoms with E-state index in [1.165, 1.54) is 11.3 Å². The quantitative estimate of drug-likeness (QED) is 0.149. The lowest BCUT2D eigenvalue weighted by Crippen LogP contribution is -2.54. The molecular weight excluding hydrogens is 813 g/mol. The Morgan fingerprint density at radius 2 is 1.11 bits per heavy atom. The van der Waals surface area contributed by atoms with Gasteiger partial charge in [-0.15, -0.1) is 0 Å². The van der Waals surface area contributed by atoms with Crippen molar-refractivity contribution < 1.29 is 29.4 Å². The fourth-order valence-corrected chi connectivity index (χ4v) is 11.8. The number of aromatic nitrogens is 4. The number of imidazole rings is 2. The Bertz CT molecular complexity index is 2160. The summed E-state index contributed by atoms with van der Waals surface area (Å²) in [4.78, 5) is 78.0. The van der Waals surface area contributed by atoms with Crippen LogP contribution in [0.3, 0.4) is 0 Å². The molecule has 4 saturated heterocycles. The van der Waals surface area contributed by atoms with Crippen molar-refractivity contribution in [2.75, 3.05) is 39.3 Å². The van der Waals surface area contributed by atoms with Crippen LogP contribution in [0.15, 0.2) is 36.7 Å². The molecular formula is C48H68N10O6. The number of hydrogen-bond acceptors (Lipinski definition) is 8. The summed E-state index contributed by atoms with van der Waals surface area (Å²) in [7, 11) is 0. The van der Waals surface area contributed by atoms with E-state index in [-0.39, 0.29) is 65.2 Å². The highest BCUT2D eigenvalue weighted by Crippen LogP contribution is 2.58. The molecule has 3 aliphatic carbocycles. The number of β-amino-alcohol motifs (C(OH)–C–C–N with tert-alkyl or cyclic N) is 2. The fourth-order valence-electron chi connectivity index (χ4n) is 11.8. The van der Waals surface area contributed by atoms with E-state index in [2.05, 4.69) is 44.9 Å². The van der Waals surface area contributed by atoms with E-state index < -0.39 is 24.3 Å². The molecule has 4 aliphatic heterocycles. The van der Waals surface area contributed by atoms with Crippen molar-refractivity contribution in [2.24, 2.45) is 11.8 Å². The predicted molar refractivity (Wildman–Crippen MR) is 240 cm³/mol. The van der Waals surface area contributed by atoms with Crippen LogP contribution in [0.25, 0.3) is 11.3 Å². The van der Waals surface area contributed by atoms with Gasteiger partial charge in [0.25, 0.3) is 0 Å². The number of likely N-dealkylation sites (tertiary alicyclic amines) is 4. The van der Waals surface area contributed by atoms with Gasteiger partial charge >= 0.3 is 12.1 Å². The molecule has 16 heteroatoms. The van der Waals surface area contributed by atoms with Crippen molar-refractivity contribution in [3.8, 4) is 11.3 Å². The Morgan fingerprint density at radius 3 is 1.58 bits per heavy atom. The van der Waals surface area contributed by atoms with Crippen LogP contribution in [0, 0.1) is 11.8 Å². The van der Waals surface area contributed by atoms with Crippen LogP contribution in [0.2, 0.25) is 0 Å². The van der Waals surface area contributed by atoms with Gasteiger partial charge < -0.3 is 50.4 Å². The lowest BCUT2D eigenvalue weighted by molar-refractivity contribution is -0.136. The first-order valence-electron chi connectivity index (χ1n) is 24.0. The minimum Gasteiger partial charge on any atom is -0.391 e. The zero-order valence-corrected chi connectivity index (χ0v) is 38.0. The van der Waals surface area contributed by atoms with Crippen LogP contribution < -0.4 is 10.6 Å². The van der Waals surface area contributed by atoms with Crippen LogP contribution in [-0.4, -0.2) is 137 Å². The third-order valence-electron chi connectivity index (χ3n) is 15.8. The first-order chi connectivity index (χ1) is 30.7. The molecule has 6 unspecified atom stereocenters. The number of fused-ring (bicyclic) bond motifs is 3. The zero-order valence-electron chi connectivity index (χ0n) is 38.0. The lowest BCUT2D eigenvalue weighted by atomic mass is 9.51. The summed E-state index contributed by atoms with van der Waals surface area (Å²) in [5.74, 6) is 1.22. The molecule has 3 aromatic rings. The average Bonchev–Trinajstić information content (AvgIpc) is 4.16. The van der Waals surface area contributed by atoms with E-state index in [4.69, 9.17) is 9.97 Å². The molecule has 6 heterocycles. The van der Waals surface area contributed by atoms with Gasteiger partial charge in [-0.3, -0.25) is 9.59 Å². The number of hydrogen-bond donors (Lipinski definition) is 6. The Morgan fingerprint density at radius 1 is 0.641 bits per heavy atom. The average molecular weight is 881 g/mol. The second-order valence-corrected chi connectivity index (χ2v) is 20.5. The van der Waals surface area contributed by atoms with Gasteiger partial charge in [-0.25, -0.2) is 19.6 Å². The zero-order chi connectivity index (χ0) is 44.9. The monoisotopic (exact) mass is 881 g/mol. The van der Waals surface area contributed by atoms with Crippen molar-refractivity contribution in [1.29, 1.82) is 0 Å². The van der Waals surface area contributed by atoms with Crippen LogP contribution in [0.4, 0.5) is 9.59 Å². The van der Waals surface area contributed by atoms with Crippen LogP contribution in [0.1, 0.15) is 140 Å². The summed E-state index contributed by atoms with van der Waals surface area (Å²) in [6.07, 6.45) is 13.8. The number of rotatable bonds is 11. The predicted octanol–water partition coefficient (Wildman–Crippen LogP) is 5.27. The number of nitrogens with one attached hydrogen (secondary N) is 4. The van der Waals surface area contributed by atoms with E-state index in [0.29, 0.717) is 45.6 Å². The number of amides is 6. The maximum atomic E-state index is 14.1. The Balaban J connectivity index is 0.818. The van der Waals surface area contributed by atoms with Gasteiger partial charge in [-0.1, -0.05) is 52.0 Å². The number of nitrogens with zero attached hydrogens (tertiary/aromatic N) is 6. The first-order valence-corrected chi connectivity index (χ1v) is 24.0. The van der Waals surface area contributed by atoms with Crippen LogP contribution in [-0.2, 0) is 20.4 Å².